The number of rotatable bonds is 6. The van der Waals surface area contributed by atoms with Crippen LogP contribution in [0.25, 0.3) is 0 Å². The van der Waals surface area contributed by atoms with Crippen molar-refractivity contribution in [1.29, 1.82) is 0 Å². The van der Waals surface area contributed by atoms with Gasteiger partial charge >= 0.3 is 0 Å². The van der Waals surface area contributed by atoms with Gasteiger partial charge in [0.15, 0.2) is 0 Å². The highest BCUT2D eigenvalue weighted by atomic mass is 19.1. The van der Waals surface area contributed by atoms with Gasteiger partial charge in [-0.3, -0.25) is 0 Å². The van der Waals surface area contributed by atoms with Crippen LogP contribution in [0.4, 0.5) is 4.39 Å². The van der Waals surface area contributed by atoms with E-state index < -0.39 is 0 Å². The van der Waals surface area contributed by atoms with E-state index in [1.165, 1.54) is 17.7 Å². The second kappa shape index (κ2) is 7.06. The Balaban J connectivity index is 1.99. The van der Waals surface area contributed by atoms with Crippen molar-refractivity contribution >= 4 is 0 Å². The van der Waals surface area contributed by atoms with Crippen molar-refractivity contribution in [3.05, 3.63) is 65.0 Å². The third-order valence-corrected chi connectivity index (χ3v) is 3.18. The quantitative estimate of drug-likeness (QED) is 0.864. The van der Waals surface area contributed by atoms with Crippen LogP contribution in [0.3, 0.4) is 0 Å². The van der Waals surface area contributed by atoms with Crippen LogP contribution in [0, 0.1) is 12.7 Å². The van der Waals surface area contributed by atoms with Crippen molar-refractivity contribution in [3.63, 3.8) is 0 Å². The smallest absolute Gasteiger partial charge is 0.123 e. The standard InChI is InChI=1S/C17H20FNO/c1-3-19-11-14-5-4-6-17(10-14)20-12-15-7-8-16(18)9-13(15)2/h4-10,19H,3,11-12H2,1-2H3. The van der Waals surface area contributed by atoms with Gasteiger partial charge in [-0.1, -0.05) is 25.1 Å². The minimum Gasteiger partial charge on any atom is -0.489 e. The van der Waals surface area contributed by atoms with Gasteiger partial charge in [-0.2, -0.15) is 0 Å². The molecule has 2 nitrogen and oxygen atoms in total. The van der Waals surface area contributed by atoms with E-state index in [4.69, 9.17) is 4.74 Å². The summed E-state index contributed by atoms with van der Waals surface area (Å²) in [5.41, 5.74) is 3.11. The highest BCUT2D eigenvalue weighted by molar-refractivity contribution is 5.30. The summed E-state index contributed by atoms with van der Waals surface area (Å²) in [6.45, 7) is 6.21. The minimum absolute atomic E-state index is 0.209. The van der Waals surface area contributed by atoms with E-state index in [1.54, 1.807) is 6.07 Å². The second-order valence-electron chi connectivity index (χ2n) is 4.79. The maximum Gasteiger partial charge on any atom is 0.123 e. The Morgan fingerprint density at radius 3 is 2.75 bits per heavy atom. The molecule has 0 unspecified atom stereocenters. The van der Waals surface area contributed by atoms with Crippen molar-refractivity contribution in [1.82, 2.24) is 5.32 Å². The number of halogens is 1. The molecule has 106 valence electrons. The Kier molecular flexibility index (Phi) is 5.13. The molecule has 0 heterocycles. The molecule has 0 saturated heterocycles. The first-order chi connectivity index (χ1) is 9.69. The summed E-state index contributed by atoms with van der Waals surface area (Å²) in [6.07, 6.45) is 0. The summed E-state index contributed by atoms with van der Waals surface area (Å²) < 4.78 is 18.8. The van der Waals surface area contributed by atoms with E-state index in [-0.39, 0.29) is 5.82 Å². The number of nitrogens with one attached hydrogen (secondary N) is 1. The SMILES string of the molecule is CCNCc1cccc(OCc2ccc(F)cc2C)c1. The molecular weight excluding hydrogens is 253 g/mol. The van der Waals surface area contributed by atoms with Gasteiger partial charge in [0.05, 0.1) is 0 Å². The second-order valence-corrected chi connectivity index (χ2v) is 4.79. The van der Waals surface area contributed by atoms with E-state index in [0.717, 1.165) is 30.0 Å². The molecule has 0 amide bonds. The van der Waals surface area contributed by atoms with Crippen LogP contribution >= 0.6 is 0 Å². The van der Waals surface area contributed by atoms with Gasteiger partial charge in [0.25, 0.3) is 0 Å². The lowest BCUT2D eigenvalue weighted by Crippen LogP contribution is -2.11. The van der Waals surface area contributed by atoms with E-state index in [9.17, 15) is 4.39 Å². The molecule has 2 rings (SSSR count). The lowest BCUT2D eigenvalue weighted by atomic mass is 10.1. The monoisotopic (exact) mass is 273 g/mol. The van der Waals surface area contributed by atoms with Gasteiger partial charge in [-0.25, -0.2) is 4.39 Å². The molecule has 0 fully saturated rings. The van der Waals surface area contributed by atoms with Crippen LogP contribution in [0.5, 0.6) is 5.75 Å². The van der Waals surface area contributed by atoms with Gasteiger partial charge in [0.2, 0.25) is 0 Å². The molecule has 0 atom stereocenters. The first-order valence-electron chi connectivity index (χ1n) is 6.86. The molecule has 2 aromatic carbocycles. The summed E-state index contributed by atoms with van der Waals surface area (Å²) in [6, 6.07) is 12.8. The third-order valence-electron chi connectivity index (χ3n) is 3.18. The maximum absolute atomic E-state index is 13.0. The molecule has 20 heavy (non-hydrogen) atoms. The van der Waals surface area contributed by atoms with Crippen LogP contribution in [-0.4, -0.2) is 6.54 Å². The molecule has 0 aliphatic rings. The molecule has 0 spiro atoms. The molecule has 0 radical (unpaired) electrons. The summed E-state index contributed by atoms with van der Waals surface area (Å²) in [5.74, 6) is 0.628. The van der Waals surface area contributed by atoms with Crippen molar-refractivity contribution in [3.8, 4) is 5.75 Å². The zero-order chi connectivity index (χ0) is 14.4. The van der Waals surface area contributed by atoms with Crippen molar-refractivity contribution in [2.45, 2.75) is 27.0 Å². The predicted octanol–water partition coefficient (Wildman–Crippen LogP) is 3.82. The average Bonchev–Trinajstić information content (AvgIpc) is 2.45. The third kappa shape index (κ3) is 4.07. The molecule has 0 aliphatic carbocycles. The highest BCUT2D eigenvalue weighted by Gasteiger charge is 2.02. The van der Waals surface area contributed by atoms with Gasteiger partial charge < -0.3 is 10.1 Å². The van der Waals surface area contributed by atoms with Crippen LogP contribution < -0.4 is 10.1 Å². The van der Waals surface area contributed by atoms with Gasteiger partial charge in [-0.15, -0.1) is 0 Å². The normalized spacial score (nSPS) is 10.6. The number of hydrogen-bond donors (Lipinski definition) is 1. The first-order valence-corrected chi connectivity index (χ1v) is 6.86. The van der Waals surface area contributed by atoms with Crippen molar-refractivity contribution in [2.24, 2.45) is 0 Å². The lowest BCUT2D eigenvalue weighted by molar-refractivity contribution is 0.305. The number of benzene rings is 2. The van der Waals surface area contributed by atoms with E-state index in [1.807, 2.05) is 25.1 Å². The Morgan fingerprint density at radius 1 is 1.15 bits per heavy atom. The Morgan fingerprint density at radius 2 is 2.00 bits per heavy atom. The van der Waals surface area contributed by atoms with Gasteiger partial charge in [0.1, 0.15) is 18.2 Å². The molecule has 0 aromatic heterocycles. The molecular formula is C17H20FNO. The molecule has 2 aromatic rings. The Bertz CT molecular complexity index is 569. The summed E-state index contributed by atoms with van der Waals surface area (Å²) in [5, 5.41) is 3.28. The van der Waals surface area contributed by atoms with Crippen molar-refractivity contribution < 1.29 is 9.13 Å². The molecule has 0 aliphatic heterocycles. The number of aryl methyl sites for hydroxylation is 1. The Hall–Kier alpha value is -1.87. The Labute approximate surface area is 119 Å². The van der Waals surface area contributed by atoms with Gasteiger partial charge in [0, 0.05) is 6.54 Å². The van der Waals surface area contributed by atoms with Gasteiger partial charge in [-0.05, 0) is 54.4 Å². The van der Waals surface area contributed by atoms with Crippen molar-refractivity contribution in [2.75, 3.05) is 6.54 Å². The fourth-order valence-corrected chi connectivity index (χ4v) is 2.00. The minimum atomic E-state index is -0.209. The number of hydrogen-bond acceptors (Lipinski definition) is 2. The summed E-state index contributed by atoms with van der Waals surface area (Å²) in [7, 11) is 0. The topological polar surface area (TPSA) is 21.3 Å². The maximum atomic E-state index is 13.0. The number of ether oxygens (including phenoxy) is 1. The van der Waals surface area contributed by atoms with Crippen LogP contribution in [-0.2, 0) is 13.2 Å². The molecule has 1 N–H and O–H groups in total. The van der Waals surface area contributed by atoms with E-state index >= 15 is 0 Å². The first kappa shape index (κ1) is 14.5. The molecule has 0 saturated carbocycles. The zero-order valence-corrected chi connectivity index (χ0v) is 11.9. The fraction of sp³-hybridized carbons (Fsp3) is 0.294. The highest BCUT2D eigenvalue weighted by Crippen LogP contribution is 2.17. The van der Waals surface area contributed by atoms with Crippen LogP contribution in [0.15, 0.2) is 42.5 Å². The molecule has 0 bridgehead atoms. The van der Waals surface area contributed by atoms with Crippen LogP contribution in [0.2, 0.25) is 0 Å². The average molecular weight is 273 g/mol. The lowest BCUT2D eigenvalue weighted by Gasteiger charge is -2.10. The predicted molar refractivity (Wildman–Crippen MR) is 79.3 cm³/mol. The van der Waals surface area contributed by atoms with Crippen LogP contribution in [0.1, 0.15) is 23.6 Å². The van der Waals surface area contributed by atoms with E-state index in [2.05, 4.69) is 18.3 Å². The fourth-order valence-electron chi connectivity index (χ4n) is 2.00. The largest absolute Gasteiger partial charge is 0.489 e. The molecule has 3 heteroatoms. The summed E-state index contributed by atoms with van der Waals surface area (Å²) >= 11 is 0. The summed E-state index contributed by atoms with van der Waals surface area (Å²) in [4.78, 5) is 0. The zero-order valence-electron chi connectivity index (χ0n) is 11.9. The van der Waals surface area contributed by atoms with E-state index in [0.29, 0.717) is 6.61 Å².